The van der Waals surface area contributed by atoms with Gasteiger partial charge in [-0.05, 0) is 38.4 Å². The summed E-state index contributed by atoms with van der Waals surface area (Å²) in [7, 11) is 0. The number of halogens is 3. The molecule has 3 heterocycles. The number of nitrogens with zero attached hydrogens (tertiary/aromatic N) is 2. The van der Waals surface area contributed by atoms with E-state index in [1.165, 1.54) is 6.07 Å². The van der Waals surface area contributed by atoms with Crippen LogP contribution < -0.4 is 10.2 Å². The van der Waals surface area contributed by atoms with Gasteiger partial charge in [0.05, 0.1) is 0 Å². The predicted molar refractivity (Wildman–Crippen MR) is 70.7 cm³/mol. The zero-order valence-corrected chi connectivity index (χ0v) is 11.4. The van der Waals surface area contributed by atoms with Crippen molar-refractivity contribution in [2.24, 2.45) is 5.41 Å². The average molecular weight is 285 g/mol. The summed E-state index contributed by atoms with van der Waals surface area (Å²) in [6.45, 7) is 5.25. The van der Waals surface area contributed by atoms with Gasteiger partial charge in [0, 0.05) is 36.4 Å². The summed E-state index contributed by atoms with van der Waals surface area (Å²) in [5.41, 5.74) is 0.516. The number of aryl methyl sites for hydroxylation is 1. The standard InChI is InChI=1S/C14H18F3N3/c1-10-6-11(7-12(19-10)14(15,16)17)20-5-3-13(9-20)2-4-18-8-13/h6-7,18H,2-5,8-9H2,1H3. The molecule has 2 aliphatic heterocycles. The fourth-order valence-electron chi connectivity index (χ4n) is 3.28. The molecule has 3 nitrogen and oxygen atoms in total. The van der Waals surface area contributed by atoms with Crippen LogP contribution in [0.1, 0.15) is 24.2 Å². The van der Waals surface area contributed by atoms with E-state index in [9.17, 15) is 13.2 Å². The summed E-state index contributed by atoms with van der Waals surface area (Å²) in [6.07, 6.45) is -2.23. The van der Waals surface area contributed by atoms with Crippen molar-refractivity contribution in [2.75, 3.05) is 31.1 Å². The Bertz CT molecular complexity index is 507. The van der Waals surface area contributed by atoms with Crippen molar-refractivity contribution >= 4 is 5.69 Å². The smallest absolute Gasteiger partial charge is 0.371 e. The number of hydrogen-bond donors (Lipinski definition) is 1. The van der Waals surface area contributed by atoms with Crippen molar-refractivity contribution < 1.29 is 13.2 Å². The van der Waals surface area contributed by atoms with Gasteiger partial charge in [0.15, 0.2) is 0 Å². The number of rotatable bonds is 1. The monoisotopic (exact) mass is 285 g/mol. The lowest BCUT2D eigenvalue weighted by molar-refractivity contribution is -0.141. The molecule has 3 rings (SSSR count). The Morgan fingerprint density at radius 2 is 2.10 bits per heavy atom. The van der Waals surface area contributed by atoms with Crippen LogP contribution >= 0.6 is 0 Å². The number of hydrogen-bond acceptors (Lipinski definition) is 3. The summed E-state index contributed by atoms with van der Waals surface area (Å²) >= 11 is 0. The average Bonchev–Trinajstić information content (AvgIpc) is 2.99. The molecule has 0 saturated carbocycles. The minimum Gasteiger partial charge on any atom is -0.371 e. The summed E-state index contributed by atoms with van der Waals surface area (Å²) in [4.78, 5) is 5.67. The van der Waals surface area contributed by atoms with E-state index < -0.39 is 11.9 Å². The molecule has 6 heteroatoms. The lowest BCUT2D eigenvalue weighted by Gasteiger charge is -2.24. The van der Waals surface area contributed by atoms with Crippen LogP contribution in [-0.2, 0) is 6.18 Å². The molecule has 1 unspecified atom stereocenters. The van der Waals surface area contributed by atoms with Crippen LogP contribution in [-0.4, -0.2) is 31.2 Å². The minimum absolute atomic E-state index is 0.246. The Balaban J connectivity index is 1.86. The van der Waals surface area contributed by atoms with Crippen molar-refractivity contribution in [3.63, 3.8) is 0 Å². The lowest BCUT2D eigenvalue weighted by atomic mass is 9.86. The molecule has 0 aliphatic carbocycles. The Morgan fingerprint density at radius 3 is 2.75 bits per heavy atom. The zero-order valence-electron chi connectivity index (χ0n) is 11.4. The molecule has 0 aromatic carbocycles. The molecule has 1 atom stereocenters. The molecule has 2 fully saturated rings. The number of nitrogens with one attached hydrogen (secondary N) is 1. The van der Waals surface area contributed by atoms with E-state index in [-0.39, 0.29) is 5.41 Å². The first-order chi connectivity index (χ1) is 9.38. The largest absolute Gasteiger partial charge is 0.433 e. The van der Waals surface area contributed by atoms with Gasteiger partial charge in [0.2, 0.25) is 0 Å². The molecule has 20 heavy (non-hydrogen) atoms. The molecule has 1 aromatic rings. The Kier molecular flexibility index (Phi) is 3.16. The predicted octanol–water partition coefficient (Wildman–Crippen LogP) is 2.60. The third-order valence-electron chi connectivity index (χ3n) is 4.36. The van der Waals surface area contributed by atoms with Crippen LogP contribution in [0.3, 0.4) is 0 Å². The normalized spacial score (nSPS) is 26.7. The first-order valence-electron chi connectivity index (χ1n) is 6.90. The lowest BCUT2D eigenvalue weighted by Crippen LogP contribution is -2.29. The molecule has 110 valence electrons. The second kappa shape index (κ2) is 4.62. The second-order valence-corrected chi connectivity index (χ2v) is 5.95. The first-order valence-corrected chi connectivity index (χ1v) is 6.90. The van der Waals surface area contributed by atoms with Crippen molar-refractivity contribution in [1.82, 2.24) is 10.3 Å². The van der Waals surface area contributed by atoms with E-state index in [4.69, 9.17) is 0 Å². The third-order valence-corrected chi connectivity index (χ3v) is 4.36. The molecule has 0 bridgehead atoms. The van der Waals surface area contributed by atoms with E-state index >= 15 is 0 Å². The molecular weight excluding hydrogens is 267 g/mol. The van der Waals surface area contributed by atoms with E-state index in [1.807, 2.05) is 0 Å². The summed E-state index contributed by atoms with van der Waals surface area (Å²) < 4.78 is 38.5. The highest BCUT2D eigenvalue weighted by atomic mass is 19.4. The maximum absolute atomic E-state index is 12.8. The highest BCUT2D eigenvalue weighted by Crippen LogP contribution is 2.39. The Morgan fingerprint density at radius 1 is 1.30 bits per heavy atom. The maximum atomic E-state index is 12.8. The van der Waals surface area contributed by atoms with Gasteiger partial charge in [-0.1, -0.05) is 0 Å². The fraction of sp³-hybridized carbons (Fsp3) is 0.643. The number of anilines is 1. The van der Waals surface area contributed by atoms with E-state index in [1.54, 1.807) is 13.0 Å². The molecule has 1 aromatic heterocycles. The van der Waals surface area contributed by atoms with Crippen LogP contribution in [0.25, 0.3) is 0 Å². The third kappa shape index (κ3) is 2.49. The SMILES string of the molecule is Cc1cc(N2CCC3(CCNC3)C2)cc(C(F)(F)F)n1. The molecule has 1 spiro atoms. The van der Waals surface area contributed by atoms with Gasteiger partial charge >= 0.3 is 6.18 Å². The minimum atomic E-state index is -4.38. The van der Waals surface area contributed by atoms with E-state index in [0.29, 0.717) is 11.4 Å². The van der Waals surface area contributed by atoms with Gasteiger partial charge in [-0.25, -0.2) is 4.98 Å². The van der Waals surface area contributed by atoms with Gasteiger partial charge in [0.25, 0.3) is 0 Å². The summed E-state index contributed by atoms with van der Waals surface area (Å²) in [5.74, 6) is 0. The van der Waals surface area contributed by atoms with Gasteiger partial charge in [-0.3, -0.25) is 0 Å². The van der Waals surface area contributed by atoms with E-state index in [2.05, 4.69) is 15.2 Å². The Labute approximate surface area is 116 Å². The molecule has 0 radical (unpaired) electrons. The molecular formula is C14H18F3N3. The van der Waals surface area contributed by atoms with Gasteiger partial charge in [0.1, 0.15) is 5.69 Å². The highest BCUT2D eigenvalue weighted by molar-refractivity contribution is 5.50. The number of pyridine rings is 1. The zero-order chi connectivity index (χ0) is 14.4. The van der Waals surface area contributed by atoms with Gasteiger partial charge in [-0.2, -0.15) is 13.2 Å². The molecule has 0 amide bonds. The van der Waals surface area contributed by atoms with Crippen molar-refractivity contribution in [3.8, 4) is 0 Å². The summed E-state index contributed by atoms with van der Waals surface area (Å²) in [6, 6.07) is 2.92. The van der Waals surface area contributed by atoms with Crippen LogP contribution in [0, 0.1) is 12.3 Å². The quantitative estimate of drug-likeness (QED) is 0.859. The van der Waals surface area contributed by atoms with Crippen LogP contribution in [0.2, 0.25) is 0 Å². The van der Waals surface area contributed by atoms with Crippen LogP contribution in [0.15, 0.2) is 12.1 Å². The summed E-state index contributed by atoms with van der Waals surface area (Å²) in [5, 5.41) is 3.36. The molecule has 2 saturated heterocycles. The van der Waals surface area contributed by atoms with Gasteiger partial charge < -0.3 is 10.2 Å². The fourth-order valence-corrected chi connectivity index (χ4v) is 3.28. The first kappa shape index (κ1) is 13.7. The van der Waals surface area contributed by atoms with Crippen molar-refractivity contribution in [3.05, 3.63) is 23.5 Å². The maximum Gasteiger partial charge on any atom is 0.433 e. The highest BCUT2D eigenvalue weighted by Gasteiger charge is 2.41. The second-order valence-electron chi connectivity index (χ2n) is 5.95. The van der Waals surface area contributed by atoms with Crippen LogP contribution in [0.5, 0.6) is 0 Å². The topological polar surface area (TPSA) is 28.2 Å². The number of alkyl halides is 3. The number of aromatic nitrogens is 1. The van der Waals surface area contributed by atoms with E-state index in [0.717, 1.165) is 39.0 Å². The van der Waals surface area contributed by atoms with Gasteiger partial charge in [-0.15, -0.1) is 0 Å². The Hall–Kier alpha value is -1.30. The van der Waals surface area contributed by atoms with Crippen LogP contribution in [0.4, 0.5) is 18.9 Å². The molecule has 1 N–H and O–H groups in total. The van der Waals surface area contributed by atoms with Crippen molar-refractivity contribution in [1.29, 1.82) is 0 Å². The molecule has 2 aliphatic rings. The van der Waals surface area contributed by atoms with Crippen molar-refractivity contribution in [2.45, 2.75) is 25.9 Å².